The van der Waals surface area contributed by atoms with Gasteiger partial charge in [-0.25, -0.2) is 14.1 Å². The molecule has 0 atom stereocenters. The summed E-state index contributed by atoms with van der Waals surface area (Å²) >= 11 is 0. The van der Waals surface area contributed by atoms with Crippen LogP contribution in [0.3, 0.4) is 0 Å². The molecule has 40 heavy (non-hydrogen) atoms. The van der Waals surface area contributed by atoms with Crippen molar-refractivity contribution in [3.63, 3.8) is 0 Å². The molecule has 0 unspecified atom stereocenters. The first-order valence-electron chi connectivity index (χ1n) is 12.7. The molecule has 0 saturated heterocycles. The zero-order chi connectivity index (χ0) is 28.8. The molecule has 0 spiro atoms. The Morgan fingerprint density at radius 1 is 1.12 bits per heavy atom. The lowest BCUT2D eigenvalue weighted by Gasteiger charge is -2.14. The maximum Gasteiger partial charge on any atom is 0.276 e. The Labute approximate surface area is 229 Å². The molecule has 2 heterocycles. The standard InChI is InChI=1S/C27H31FN8O4/c1-4-35-21(12-16(2)34-35)26(39)33-27-32-20-13-18(25(29)38)14-22(40-3)24(20)36(27)31-11-5-6-23(37)30-15-17-7-9-19(28)10-8-17/h7-10,12-14,31H,4-6,11,15H2,1-3H3,(H2,29,38)(H,30,37)(H,32,33,39). The second-order valence-electron chi connectivity index (χ2n) is 9.04. The second kappa shape index (κ2) is 12.3. The Morgan fingerprint density at radius 2 is 1.88 bits per heavy atom. The molecule has 0 fully saturated rings. The normalized spacial score (nSPS) is 10.9. The molecule has 2 aromatic heterocycles. The number of rotatable bonds is 12. The number of benzene rings is 2. The van der Waals surface area contributed by atoms with Gasteiger partial charge >= 0.3 is 0 Å². The third-order valence-corrected chi connectivity index (χ3v) is 6.13. The molecule has 4 rings (SSSR count). The van der Waals surface area contributed by atoms with Crippen molar-refractivity contribution in [3.05, 3.63) is 70.8 Å². The van der Waals surface area contributed by atoms with E-state index < -0.39 is 11.8 Å². The van der Waals surface area contributed by atoms with Crippen molar-refractivity contribution in [1.82, 2.24) is 24.8 Å². The Hall–Kier alpha value is -4.94. The summed E-state index contributed by atoms with van der Waals surface area (Å²) in [7, 11) is 1.45. The summed E-state index contributed by atoms with van der Waals surface area (Å²) in [5.41, 5.74) is 11.6. The smallest absolute Gasteiger partial charge is 0.276 e. The van der Waals surface area contributed by atoms with Crippen molar-refractivity contribution in [2.24, 2.45) is 5.73 Å². The van der Waals surface area contributed by atoms with Crippen LogP contribution in [-0.2, 0) is 17.9 Å². The summed E-state index contributed by atoms with van der Waals surface area (Å²) in [4.78, 5) is 41.9. The second-order valence-corrected chi connectivity index (χ2v) is 9.04. The van der Waals surface area contributed by atoms with E-state index in [0.29, 0.717) is 54.2 Å². The van der Waals surface area contributed by atoms with Crippen molar-refractivity contribution in [1.29, 1.82) is 0 Å². The number of methoxy groups -OCH3 is 1. The summed E-state index contributed by atoms with van der Waals surface area (Å²) in [5.74, 6) is -1.10. The lowest BCUT2D eigenvalue weighted by atomic mass is 10.1. The highest BCUT2D eigenvalue weighted by molar-refractivity contribution is 6.04. The van der Waals surface area contributed by atoms with Crippen LogP contribution in [0.1, 0.15) is 51.9 Å². The highest BCUT2D eigenvalue weighted by atomic mass is 19.1. The zero-order valence-corrected chi connectivity index (χ0v) is 22.5. The van der Waals surface area contributed by atoms with Gasteiger partial charge < -0.3 is 21.2 Å². The molecule has 0 aliphatic carbocycles. The van der Waals surface area contributed by atoms with Crippen LogP contribution in [0.15, 0.2) is 42.5 Å². The van der Waals surface area contributed by atoms with Gasteiger partial charge in [-0.2, -0.15) is 5.10 Å². The van der Waals surface area contributed by atoms with Crippen molar-refractivity contribution in [3.8, 4) is 5.75 Å². The maximum absolute atomic E-state index is 13.2. The topological polar surface area (TPSA) is 158 Å². The quantitative estimate of drug-likeness (QED) is 0.197. The summed E-state index contributed by atoms with van der Waals surface area (Å²) in [6, 6.07) is 10.6. The van der Waals surface area contributed by atoms with E-state index in [1.807, 2.05) is 6.92 Å². The van der Waals surface area contributed by atoms with Gasteiger partial charge in [0, 0.05) is 31.6 Å². The summed E-state index contributed by atoms with van der Waals surface area (Å²) < 4.78 is 21.7. The predicted octanol–water partition coefficient (Wildman–Crippen LogP) is 2.70. The summed E-state index contributed by atoms with van der Waals surface area (Å²) in [5, 5.41) is 9.93. The van der Waals surface area contributed by atoms with E-state index in [-0.39, 0.29) is 29.7 Å². The van der Waals surface area contributed by atoms with Gasteiger partial charge in [-0.15, -0.1) is 0 Å². The molecule has 210 valence electrons. The van der Waals surface area contributed by atoms with Crippen LogP contribution in [0.2, 0.25) is 0 Å². The number of anilines is 1. The number of hydrogen-bond acceptors (Lipinski definition) is 7. The van der Waals surface area contributed by atoms with Crippen LogP contribution in [0.5, 0.6) is 5.75 Å². The third kappa shape index (κ3) is 6.37. The Balaban J connectivity index is 1.51. The number of nitrogens with one attached hydrogen (secondary N) is 3. The van der Waals surface area contributed by atoms with Crippen LogP contribution in [0, 0.1) is 12.7 Å². The minimum Gasteiger partial charge on any atom is -0.494 e. The van der Waals surface area contributed by atoms with Gasteiger partial charge in [0.1, 0.15) is 22.8 Å². The Kier molecular flexibility index (Phi) is 8.62. The number of halogens is 1. The van der Waals surface area contributed by atoms with Crippen LogP contribution < -0.4 is 26.5 Å². The van der Waals surface area contributed by atoms with Crippen molar-refractivity contribution < 1.29 is 23.5 Å². The highest BCUT2D eigenvalue weighted by Gasteiger charge is 2.21. The summed E-state index contributed by atoms with van der Waals surface area (Å²) in [6.07, 6.45) is 0.673. The fraction of sp³-hybridized carbons (Fsp3) is 0.296. The molecule has 13 heteroatoms. The predicted molar refractivity (Wildman–Crippen MR) is 147 cm³/mol. The first-order chi connectivity index (χ1) is 19.2. The number of nitrogens with two attached hydrogens (primary N) is 1. The number of primary amides is 1. The largest absolute Gasteiger partial charge is 0.494 e. The molecule has 2 aromatic carbocycles. The van der Waals surface area contributed by atoms with Crippen LogP contribution in [0.4, 0.5) is 10.3 Å². The fourth-order valence-electron chi connectivity index (χ4n) is 4.17. The number of aryl methyl sites for hydroxylation is 2. The first kappa shape index (κ1) is 28.1. The molecule has 4 aromatic rings. The van der Waals surface area contributed by atoms with E-state index in [4.69, 9.17) is 10.5 Å². The van der Waals surface area contributed by atoms with Gasteiger partial charge in [-0.05, 0) is 56.2 Å². The van der Waals surface area contributed by atoms with Crippen molar-refractivity contribution >= 4 is 34.7 Å². The molecule has 0 aliphatic heterocycles. The lowest BCUT2D eigenvalue weighted by Crippen LogP contribution is -2.26. The van der Waals surface area contributed by atoms with E-state index in [1.54, 1.807) is 34.5 Å². The fourth-order valence-corrected chi connectivity index (χ4v) is 4.17. The van der Waals surface area contributed by atoms with Gasteiger partial charge in [0.2, 0.25) is 17.8 Å². The number of hydrogen-bond donors (Lipinski definition) is 4. The van der Waals surface area contributed by atoms with Gasteiger partial charge in [-0.1, -0.05) is 12.1 Å². The number of imidazole rings is 1. The Bertz CT molecular complexity index is 1540. The Morgan fingerprint density at radius 3 is 2.55 bits per heavy atom. The number of carbonyl (C=O) groups excluding carboxylic acids is 3. The number of fused-ring (bicyclic) bond motifs is 1. The van der Waals surface area contributed by atoms with Gasteiger partial charge in [0.15, 0.2) is 0 Å². The first-order valence-corrected chi connectivity index (χ1v) is 12.7. The van der Waals surface area contributed by atoms with Crippen LogP contribution >= 0.6 is 0 Å². The van der Waals surface area contributed by atoms with Gasteiger partial charge in [-0.3, -0.25) is 24.4 Å². The molecule has 0 saturated carbocycles. The molecular weight excluding hydrogens is 519 g/mol. The minimum atomic E-state index is -0.651. The monoisotopic (exact) mass is 550 g/mol. The average molecular weight is 551 g/mol. The molecule has 5 N–H and O–H groups in total. The molecular formula is C27H31FN8O4. The average Bonchev–Trinajstić information content (AvgIpc) is 3.49. The zero-order valence-electron chi connectivity index (χ0n) is 22.5. The van der Waals surface area contributed by atoms with Crippen molar-refractivity contribution in [2.75, 3.05) is 24.4 Å². The molecule has 3 amide bonds. The lowest BCUT2D eigenvalue weighted by molar-refractivity contribution is -0.121. The number of nitrogens with zero attached hydrogens (tertiary/aromatic N) is 4. The number of amides is 3. The van der Waals surface area contributed by atoms with E-state index in [0.717, 1.165) is 5.56 Å². The molecule has 0 bridgehead atoms. The third-order valence-electron chi connectivity index (χ3n) is 6.13. The number of aromatic nitrogens is 4. The van der Waals surface area contributed by atoms with E-state index in [9.17, 15) is 18.8 Å². The highest BCUT2D eigenvalue weighted by Crippen LogP contribution is 2.30. The van der Waals surface area contributed by atoms with Gasteiger partial charge in [0.25, 0.3) is 5.91 Å². The van der Waals surface area contributed by atoms with E-state index in [2.05, 4.69) is 26.1 Å². The molecule has 12 nitrogen and oxygen atoms in total. The van der Waals surface area contributed by atoms with Crippen LogP contribution in [-0.4, -0.2) is 50.8 Å². The molecule has 0 radical (unpaired) electrons. The van der Waals surface area contributed by atoms with Crippen molar-refractivity contribution in [2.45, 2.75) is 39.8 Å². The maximum atomic E-state index is 13.2. The van der Waals surface area contributed by atoms with E-state index >= 15 is 0 Å². The SMILES string of the molecule is CCn1nc(C)cc1C(=O)Nc1nc2cc(C(N)=O)cc(OC)c2n1NCCCC(=O)NCc1ccc(F)cc1. The van der Waals surface area contributed by atoms with Crippen LogP contribution in [0.25, 0.3) is 11.0 Å². The van der Waals surface area contributed by atoms with E-state index in [1.165, 1.54) is 31.4 Å². The summed E-state index contributed by atoms with van der Waals surface area (Å²) in [6.45, 7) is 4.81. The minimum absolute atomic E-state index is 0.155. The molecule has 0 aliphatic rings. The number of ether oxygens (including phenoxy) is 1. The van der Waals surface area contributed by atoms with Gasteiger partial charge in [0.05, 0.1) is 18.3 Å². The number of carbonyl (C=O) groups is 3.